The first-order valence-electron chi connectivity index (χ1n) is 4.53. The van der Waals surface area contributed by atoms with E-state index >= 15 is 0 Å². The number of nitrogens with zero attached hydrogens (tertiary/aromatic N) is 2. The predicted octanol–water partition coefficient (Wildman–Crippen LogP) is 1.15. The summed E-state index contributed by atoms with van der Waals surface area (Å²) in [5.74, 6) is -0.678. The Morgan fingerprint density at radius 1 is 1.47 bits per heavy atom. The van der Waals surface area contributed by atoms with Crippen molar-refractivity contribution < 1.29 is 14.7 Å². The second-order valence-electron chi connectivity index (χ2n) is 2.97. The topological polar surface area (TPSA) is 70.5 Å². The van der Waals surface area contributed by atoms with Crippen molar-refractivity contribution in [3.8, 4) is 0 Å². The Hall–Kier alpha value is -1.91. The summed E-state index contributed by atoms with van der Waals surface area (Å²) in [5, 5.41) is 8.66. The van der Waals surface area contributed by atoms with Crippen LogP contribution in [0.15, 0.2) is 18.3 Å². The van der Waals surface area contributed by atoms with Gasteiger partial charge in [0, 0.05) is 19.7 Å². The molecule has 1 aromatic heterocycles. The second kappa shape index (κ2) is 4.54. The zero-order chi connectivity index (χ0) is 11.4. The van der Waals surface area contributed by atoms with Crippen LogP contribution in [0.1, 0.15) is 24.2 Å². The van der Waals surface area contributed by atoms with Crippen molar-refractivity contribution in [2.75, 3.05) is 11.4 Å². The summed E-state index contributed by atoms with van der Waals surface area (Å²) >= 11 is 0. The average Bonchev–Trinajstić information content (AvgIpc) is 2.19. The minimum atomic E-state index is -1.03. The van der Waals surface area contributed by atoms with Gasteiger partial charge in [0.2, 0.25) is 5.91 Å². The van der Waals surface area contributed by atoms with Crippen LogP contribution in [0.5, 0.6) is 0 Å². The fourth-order valence-electron chi connectivity index (χ4n) is 1.22. The zero-order valence-electron chi connectivity index (χ0n) is 8.60. The van der Waals surface area contributed by atoms with Crippen molar-refractivity contribution in [1.82, 2.24) is 4.98 Å². The van der Waals surface area contributed by atoms with Gasteiger partial charge in [0.25, 0.3) is 0 Å². The van der Waals surface area contributed by atoms with E-state index in [1.807, 2.05) is 6.92 Å². The molecule has 0 spiro atoms. The number of carbonyl (C=O) groups is 2. The third-order valence-electron chi connectivity index (χ3n) is 1.97. The van der Waals surface area contributed by atoms with E-state index in [4.69, 9.17) is 5.11 Å². The minimum absolute atomic E-state index is 0.110. The van der Waals surface area contributed by atoms with Gasteiger partial charge >= 0.3 is 5.97 Å². The Bertz CT molecular complexity index is 373. The van der Waals surface area contributed by atoms with E-state index in [9.17, 15) is 9.59 Å². The highest BCUT2D eigenvalue weighted by atomic mass is 16.4. The lowest BCUT2D eigenvalue weighted by molar-refractivity contribution is -0.116. The summed E-state index contributed by atoms with van der Waals surface area (Å²) in [6, 6.07) is 2.95. The van der Waals surface area contributed by atoms with Gasteiger partial charge in [-0.25, -0.2) is 9.78 Å². The van der Waals surface area contributed by atoms with Crippen LogP contribution in [0.2, 0.25) is 0 Å². The van der Waals surface area contributed by atoms with Crippen molar-refractivity contribution in [3.05, 3.63) is 23.9 Å². The maximum Gasteiger partial charge on any atom is 0.337 e. The minimum Gasteiger partial charge on any atom is -0.478 e. The van der Waals surface area contributed by atoms with Gasteiger partial charge in [-0.1, -0.05) is 0 Å². The summed E-state index contributed by atoms with van der Waals surface area (Å²) in [4.78, 5) is 27.1. The van der Waals surface area contributed by atoms with E-state index in [0.717, 1.165) is 0 Å². The van der Waals surface area contributed by atoms with Crippen LogP contribution in [0, 0.1) is 0 Å². The fourth-order valence-corrected chi connectivity index (χ4v) is 1.22. The van der Waals surface area contributed by atoms with E-state index in [1.165, 1.54) is 30.2 Å². The van der Waals surface area contributed by atoms with Crippen LogP contribution in [0.4, 0.5) is 5.82 Å². The van der Waals surface area contributed by atoms with Gasteiger partial charge in [0.05, 0.1) is 5.56 Å². The summed E-state index contributed by atoms with van der Waals surface area (Å²) in [6.45, 7) is 3.78. The number of aromatic carboxylic acids is 1. The van der Waals surface area contributed by atoms with Gasteiger partial charge in [-0.05, 0) is 19.1 Å². The van der Waals surface area contributed by atoms with E-state index in [-0.39, 0.29) is 11.5 Å². The lowest BCUT2D eigenvalue weighted by Gasteiger charge is -2.17. The lowest BCUT2D eigenvalue weighted by atomic mass is 10.3. The highest BCUT2D eigenvalue weighted by Gasteiger charge is 2.11. The molecule has 1 N–H and O–H groups in total. The maximum absolute atomic E-state index is 11.2. The molecule has 0 bridgehead atoms. The van der Waals surface area contributed by atoms with Crippen LogP contribution >= 0.6 is 0 Å². The number of aromatic nitrogens is 1. The van der Waals surface area contributed by atoms with E-state index in [1.54, 1.807) is 0 Å². The molecule has 1 heterocycles. The van der Waals surface area contributed by atoms with Crippen LogP contribution in [-0.4, -0.2) is 28.5 Å². The maximum atomic E-state index is 11.2. The van der Waals surface area contributed by atoms with Crippen LogP contribution in [-0.2, 0) is 4.79 Å². The quantitative estimate of drug-likeness (QED) is 0.808. The second-order valence-corrected chi connectivity index (χ2v) is 2.97. The molecule has 15 heavy (non-hydrogen) atoms. The molecule has 0 aliphatic rings. The number of amides is 1. The van der Waals surface area contributed by atoms with Crippen molar-refractivity contribution in [1.29, 1.82) is 0 Å². The molecule has 0 unspecified atom stereocenters. The number of carbonyl (C=O) groups excluding carboxylic acids is 1. The van der Waals surface area contributed by atoms with Gasteiger partial charge in [-0.15, -0.1) is 0 Å². The first kappa shape index (κ1) is 11.2. The SMILES string of the molecule is CCN(C(C)=O)c1ccc(C(=O)O)cn1. The summed E-state index contributed by atoms with van der Waals surface area (Å²) in [5.41, 5.74) is 0.110. The molecule has 1 amide bonds. The molecule has 0 saturated heterocycles. The lowest BCUT2D eigenvalue weighted by Crippen LogP contribution is -2.28. The van der Waals surface area contributed by atoms with E-state index in [2.05, 4.69) is 4.98 Å². The first-order chi connectivity index (χ1) is 7.06. The molecule has 0 aliphatic carbocycles. The summed E-state index contributed by atoms with van der Waals surface area (Å²) in [7, 11) is 0. The molecule has 5 heteroatoms. The highest BCUT2D eigenvalue weighted by molar-refractivity contribution is 5.91. The van der Waals surface area contributed by atoms with Crippen molar-refractivity contribution in [3.63, 3.8) is 0 Å². The number of carboxylic acid groups (broad SMARTS) is 1. The highest BCUT2D eigenvalue weighted by Crippen LogP contribution is 2.11. The predicted molar refractivity (Wildman–Crippen MR) is 54.9 cm³/mol. The smallest absolute Gasteiger partial charge is 0.337 e. The Morgan fingerprint density at radius 2 is 2.13 bits per heavy atom. The molecule has 0 atom stereocenters. The molecule has 0 radical (unpaired) electrons. The monoisotopic (exact) mass is 208 g/mol. The van der Waals surface area contributed by atoms with E-state index in [0.29, 0.717) is 12.4 Å². The molecule has 0 aliphatic heterocycles. The average molecular weight is 208 g/mol. The summed E-state index contributed by atoms with van der Waals surface area (Å²) < 4.78 is 0. The van der Waals surface area contributed by atoms with Gasteiger partial charge in [0.1, 0.15) is 5.82 Å². The molecule has 0 fully saturated rings. The van der Waals surface area contributed by atoms with Gasteiger partial charge in [-0.2, -0.15) is 0 Å². The van der Waals surface area contributed by atoms with Gasteiger partial charge < -0.3 is 5.11 Å². The van der Waals surface area contributed by atoms with Crippen LogP contribution in [0.25, 0.3) is 0 Å². The Morgan fingerprint density at radius 3 is 2.47 bits per heavy atom. The number of pyridine rings is 1. The molecular weight excluding hydrogens is 196 g/mol. The largest absolute Gasteiger partial charge is 0.478 e. The molecule has 0 aromatic carbocycles. The van der Waals surface area contributed by atoms with Gasteiger partial charge in [-0.3, -0.25) is 9.69 Å². The Balaban J connectivity index is 2.97. The van der Waals surface area contributed by atoms with Gasteiger partial charge in [0.15, 0.2) is 0 Å². The summed E-state index contributed by atoms with van der Waals surface area (Å²) in [6.07, 6.45) is 1.24. The van der Waals surface area contributed by atoms with Crippen molar-refractivity contribution in [2.45, 2.75) is 13.8 Å². The zero-order valence-corrected chi connectivity index (χ0v) is 8.60. The van der Waals surface area contributed by atoms with Crippen molar-refractivity contribution >= 4 is 17.7 Å². The third kappa shape index (κ3) is 2.52. The van der Waals surface area contributed by atoms with Crippen LogP contribution in [0.3, 0.4) is 0 Å². The fraction of sp³-hybridized carbons (Fsp3) is 0.300. The van der Waals surface area contributed by atoms with Crippen LogP contribution < -0.4 is 4.90 Å². The normalized spacial score (nSPS) is 9.73. The molecule has 5 nitrogen and oxygen atoms in total. The molecule has 1 aromatic rings. The molecular formula is C10H12N2O3. The number of anilines is 1. The van der Waals surface area contributed by atoms with Crippen molar-refractivity contribution in [2.24, 2.45) is 0 Å². The van der Waals surface area contributed by atoms with E-state index < -0.39 is 5.97 Å². The molecule has 1 rings (SSSR count). The standard InChI is InChI=1S/C10H12N2O3/c1-3-12(7(2)13)9-5-4-8(6-11-9)10(14)15/h4-6H,3H2,1-2H3,(H,14,15). The Kier molecular flexibility index (Phi) is 3.38. The number of hydrogen-bond acceptors (Lipinski definition) is 3. The third-order valence-corrected chi connectivity index (χ3v) is 1.97. The molecule has 0 saturated carbocycles. The number of rotatable bonds is 3. The number of carboxylic acids is 1. The number of hydrogen-bond donors (Lipinski definition) is 1. The Labute approximate surface area is 87.4 Å². The molecule has 80 valence electrons. The first-order valence-corrected chi connectivity index (χ1v) is 4.53.